The zero-order valence-corrected chi connectivity index (χ0v) is 19.6. The second-order valence-corrected chi connectivity index (χ2v) is 9.00. The second kappa shape index (κ2) is 9.92. The van der Waals surface area contributed by atoms with Gasteiger partial charge in [-0.05, 0) is 44.5 Å². The lowest BCUT2D eigenvalue weighted by Gasteiger charge is -2.37. The molecule has 0 saturated carbocycles. The van der Waals surface area contributed by atoms with E-state index in [2.05, 4.69) is 33.2 Å². The highest BCUT2D eigenvalue weighted by molar-refractivity contribution is 6.30. The number of hydrogen-bond donors (Lipinski definition) is 1. The summed E-state index contributed by atoms with van der Waals surface area (Å²) in [6.07, 6.45) is 1.26. The number of carbonyl (C=O) groups excluding carboxylic acids is 2. The molecular weight excluding hydrogens is 428 g/mol. The monoisotopic (exact) mass is 458 g/mol. The van der Waals surface area contributed by atoms with Gasteiger partial charge in [0.25, 0.3) is 0 Å². The maximum absolute atomic E-state index is 12.4. The lowest BCUT2D eigenvalue weighted by molar-refractivity contribution is -0.124. The van der Waals surface area contributed by atoms with Crippen molar-refractivity contribution in [3.63, 3.8) is 0 Å². The molecule has 2 aromatic rings. The molecule has 2 amide bonds. The smallest absolute Gasteiger partial charge is 0.240 e. The van der Waals surface area contributed by atoms with Crippen molar-refractivity contribution >= 4 is 34.9 Å². The zero-order valence-electron chi connectivity index (χ0n) is 18.8. The van der Waals surface area contributed by atoms with Crippen molar-refractivity contribution in [3.05, 3.63) is 40.5 Å². The molecule has 1 aromatic carbocycles. The predicted octanol–water partition coefficient (Wildman–Crippen LogP) is 2.22. The van der Waals surface area contributed by atoms with Gasteiger partial charge in [0, 0.05) is 55.9 Å². The summed E-state index contributed by atoms with van der Waals surface area (Å²) in [7, 11) is 0. The molecule has 1 fully saturated rings. The maximum Gasteiger partial charge on any atom is 0.240 e. The van der Waals surface area contributed by atoms with Gasteiger partial charge in [0.2, 0.25) is 11.8 Å². The number of halogens is 1. The Kier molecular flexibility index (Phi) is 7.01. The minimum Gasteiger partial charge on any atom is -0.369 e. The molecule has 0 unspecified atom stereocenters. The predicted molar refractivity (Wildman–Crippen MR) is 126 cm³/mol. The number of nitrogens with one attached hydrogen (secondary N) is 1. The first kappa shape index (κ1) is 22.6. The first-order valence-corrected chi connectivity index (χ1v) is 11.6. The number of aryl methyl sites for hydroxylation is 3. The highest BCUT2D eigenvalue weighted by atomic mass is 35.5. The molecular formula is C23H31ClN6O2. The van der Waals surface area contributed by atoms with Crippen molar-refractivity contribution in [2.75, 3.05) is 55.6 Å². The zero-order chi connectivity index (χ0) is 22.7. The molecule has 2 aliphatic rings. The van der Waals surface area contributed by atoms with Gasteiger partial charge < -0.3 is 10.2 Å². The van der Waals surface area contributed by atoms with Crippen LogP contribution >= 0.6 is 11.6 Å². The summed E-state index contributed by atoms with van der Waals surface area (Å²) in [6.45, 7) is 10.1. The van der Waals surface area contributed by atoms with E-state index in [9.17, 15) is 9.59 Å². The van der Waals surface area contributed by atoms with E-state index in [1.807, 2.05) is 25.1 Å². The van der Waals surface area contributed by atoms with Crippen LogP contribution < -0.4 is 15.1 Å². The van der Waals surface area contributed by atoms with Gasteiger partial charge in [-0.3, -0.25) is 19.4 Å². The average Bonchev–Trinajstić information content (AvgIpc) is 3.16. The van der Waals surface area contributed by atoms with Gasteiger partial charge in [0.15, 0.2) is 0 Å². The summed E-state index contributed by atoms with van der Waals surface area (Å²) in [4.78, 5) is 31.1. The van der Waals surface area contributed by atoms with Gasteiger partial charge in [0.1, 0.15) is 12.4 Å². The highest BCUT2D eigenvalue weighted by Crippen LogP contribution is 2.25. The summed E-state index contributed by atoms with van der Waals surface area (Å²) in [5.74, 6) is 0.550. The molecule has 32 heavy (non-hydrogen) atoms. The molecule has 3 heterocycles. The molecule has 0 aliphatic carbocycles. The van der Waals surface area contributed by atoms with Gasteiger partial charge in [-0.1, -0.05) is 17.7 Å². The van der Waals surface area contributed by atoms with E-state index in [1.165, 1.54) is 16.2 Å². The van der Waals surface area contributed by atoms with Crippen LogP contribution in [-0.4, -0.2) is 72.3 Å². The molecule has 1 N–H and O–H groups in total. The molecule has 0 atom stereocenters. The van der Waals surface area contributed by atoms with E-state index in [-0.39, 0.29) is 18.4 Å². The fourth-order valence-corrected chi connectivity index (χ4v) is 4.58. The number of rotatable bonds is 7. The first-order chi connectivity index (χ1) is 15.4. The summed E-state index contributed by atoms with van der Waals surface area (Å²) < 4.78 is 1.80. The number of nitrogens with zero attached hydrogens (tertiary/aromatic N) is 5. The summed E-state index contributed by atoms with van der Waals surface area (Å²) >= 11 is 6.17. The third-order valence-corrected chi connectivity index (χ3v) is 6.39. The van der Waals surface area contributed by atoms with Crippen LogP contribution in [0.25, 0.3) is 0 Å². The fourth-order valence-electron chi connectivity index (χ4n) is 4.41. The van der Waals surface area contributed by atoms with Crippen molar-refractivity contribution in [2.45, 2.75) is 33.2 Å². The molecule has 9 heteroatoms. The van der Waals surface area contributed by atoms with Crippen LogP contribution in [0.1, 0.15) is 24.1 Å². The van der Waals surface area contributed by atoms with Crippen molar-refractivity contribution in [2.24, 2.45) is 0 Å². The number of hydrogen-bond acceptors (Lipinski definition) is 5. The molecule has 2 aliphatic heterocycles. The Bertz CT molecular complexity index is 983. The molecule has 4 rings (SSSR count). The Morgan fingerprint density at radius 2 is 1.91 bits per heavy atom. The highest BCUT2D eigenvalue weighted by Gasteiger charge is 2.27. The average molecular weight is 459 g/mol. The molecule has 0 bridgehead atoms. The SMILES string of the molecule is Cc1cc2n(n1)CCC(=O)N2CC(=O)NCCCN1CCN(c2cc(Cl)ccc2C)CC1. The minimum atomic E-state index is -0.132. The van der Waals surface area contributed by atoms with Gasteiger partial charge in [-0.2, -0.15) is 5.10 Å². The van der Waals surface area contributed by atoms with Gasteiger partial charge in [0.05, 0.1) is 12.2 Å². The number of carbonyl (C=O) groups is 2. The molecule has 0 spiro atoms. The van der Waals surface area contributed by atoms with E-state index in [0.29, 0.717) is 25.3 Å². The van der Waals surface area contributed by atoms with Gasteiger partial charge in [-0.25, -0.2) is 4.68 Å². The molecule has 8 nitrogen and oxygen atoms in total. The minimum absolute atomic E-state index is 0.0274. The van der Waals surface area contributed by atoms with Crippen LogP contribution in [0, 0.1) is 13.8 Å². The first-order valence-electron chi connectivity index (χ1n) is 11.3. The van der Waals surface area contributed by atoms with E-state index >= 15 is 0 Å². The Morgan fingerprint density at radius 1 is 1.12 bits per heavy atom. The molecule has 1 aromatic heterocycles. The standard InChI is InChI=1S/C23H31ClN6O2/c1-17-4-5-19(24)15-20(17)28-12-10-27(11-13-28)8-3-7-25-21(31)16-29-22-14-18(2)26-30(22)9-6-23(29)32/h4-5,14-15H,3,6-13,16H2,1-2H3,(H,25,31). The van der Waals surface area contributed by atoms with Crippen molar-refractivity contribution < 1.29 is 9.59 Å². The number of amides is 2. The molecule has 1 saturated heterocycles. The van der Waals surface area contributed by atoms with Crippen LogP contribution in [0.5, 0.6) is 0 Å². The topological polar surface area (TPSA) is 73.7 Å². The lowest BCUT2D eigenvalue weighted by atomic mass is 10.1. The number of fused-ring (bicyclic) bond motifs is 1. The number of aromatic nitrogens is 2. The second-order valence-electron chi connectivity index (χ2n) is 8.56. The number of benzene rings is 1. The van der Waals surface area contributed by atoms with E-state index in [4.69, 9.17) is 11.6 Å². The molecule has 172 valence electrons. The Labute approximate surface area is 194 Å². The van der Waals surface area contributed by atoms with Crippen molar-refractivity contribution in [1.82, 2.24) is 20.0 Å². The van der Waals surface area contributed by atoms with E-state index in [1.54, 1.807) is 4.68 Å². The Balaban J connectivity index is 1.17. The third kappa shape index (κ3) is 5.24. The summed E-state index contributed by atoms with van der Waals surface area (Å²) in [6, 6.07) is 7.90. The molecule has 0 radical (unpaired) electrons. The number of piperazine rings is 1. The van der Waals surface area contributed by atoms with Crippen molar-refractivity contribution in [3.8, 4) is 0 Å². The van der Waals surface area contributed by atoms with Crippen LogP contribution in [-0.2, 0) is 16.1 Å². The quantitative estimate of drug-likeness (QED) is 0.644. The van der Waals surface area contributed by atoms with Crippen molar-refractivity contribution in [1.29, 1.82) is 0 Å². The Morgan fingerprint density at radius 3 is 2.69 bits per heavy atom. The normalized spacial score (nSPS) is 16.9. The van der Waals surface area contributed by atoms with Crippen LogP contribution in [0.15, 0.2) is 24.3 Å². The number of anilines is 2. The van der Waals surface area contributed by atoms with Gasteiger partial charge >= 0.3 is 0 Å². The summed E-state index contributed by atoms with van der Waals surface area (Å²) in [5, 5.41) is 8.11. The largest absolute Gasteiger partial charge is 0.369 e. The fraction of sp³-hybridized carbons (Fsp3) is 0.522. The van der Waals surface area contributed by atoms with E-state index < -0.39 is 0 Å². The van der Waals surface area contributed by atoms with Crippen LogP contribution in [0.3, 0.4) is 0 Å². The maximum atomic E-state index is 12.4. The van der Waals surface area contributed by atoms with Gasteiger partial charge in [-0.15, -0.1) is 0 Å². The lowest BCUT2D eigenvalue weighted by Crippen LogP contribution is -2.47. The third-order valence-electron chi connectivity index (χ3n) is 6.16. The van der Waals surface area contributed by atoms with Crippen LogP contribution in [0.4, 0.5) is 11.5 Å². The van der Waals surface area contributed by atoms with Crippen LogP contribution in [0.2, 0.25) is 5.02 Å². The van der Waals surface area contributed by atoms with E-state index in [0.717, 1.165) is 49.9 Å². The summed E-state index contributed by atoms with van der Waals surface area (Å²) in [5.41, 5.74) is 3.31. The Hall–Kier alpha value is -2.58.